The summed E-state index contributed by atoms with van der Waals surface area (Å²) < 4.78 is 0. The Bertz CT molecular complexity index is 1050. The molecule has 1 N–H and O–H groups in total. The molecule has 4 nitrogen and oxygen atoms in total. The molecule has 0 saturated heterocycles. The minimum Gasteiger partial charge on any atom is -0.281 e. The molecule has 0 radical (unpaired) electrons. The largest absolute Gasteiger partial charge is 0.281 e. The molecule has 1 aromatic carbocycles. The molecule has 4 aromatic rings. The molecular formula is C21H16N4S. The van der Waals surface area contributed by atoms with Crippen molar-refractivity contribution in [3.05, 3.63) is 94.3 Å². The summed E-state index contributed by atoms with van der Waals surface area (Å²) in [5, 5.41) is 7.85. The number of hydrogen-bond donors (Lipinski definition) is 1. The minimum absolute atomic E-state index is 0.214. The van der Waals surface area contributed by atoms with Gasteiger partial charge in [-0.1, -0.05) is 42.5 Å². The summed E-state index contributed by atoms with van der Waals surface area (Å²) in [6.45, 7) is 0. The third kappa shape index (κ3) is 2.32. The number of nitrogens with one attached hydrogen (secondary N) is 1. The zero-order valence-electron chi connectivity index (χ0n) is 14.0. The fourth-order valence-corrected chi connectivity index (χ4v) is 4.49. The van der Waals surface area contributed by atoms with Crippen LogP contribution in [-0.4, -0.2) is 20.2 Å². The van der Waals surface area contributed by atoms with E-state index in [9.17, 15) is 0 Å². The van der Waals surface area contributed by atoms with E-state index in [4.69, 9.17) is 0 Å². The molecule has 0 fully saturated rings. The van der Waals surface area contributed by atoms with Gasteiger partial charge < -0.3 is 0 Å². The first-order valence-corrected chi connectivity index (χ1v) is 9.36. The molecule has 1 aliphatic carbocycles. The Labute approximate surface area is 155 Å². The summed E-state index contributed by atoms with van der Waals surface area (Å²) in [5.74, 6) is 0. The highest BCUT2D eigenvalue weighted by molar-refractivity contribution is 7.09. The van der Waals surface area contributed by atoms with Crippen LogP contribution in [0.5, 0.6) is 0 Å². The van der Waals surface area contributed by atoms with Gasteiger partial charge in [0.2, 0.25) is 0 Å². The van der Waals surface area contributed by atoms with Crippen LogP contribution < -0.4 is 0 Å². The van der Waals surface area contributed by atoms with E-state index in [-0.39, 0.29) is 5.41 Å². The van der Waals surface area contributed by atoms with Crippen molar-refractivity contribution in [2.45, 2.75) is 11.8 Å². The zero-order valence-corrected chi connectivity index (χ0v) is 14.8. The van der Waals surface area contributed by atoms with Crippen LogP contribution in [0.15, 0.2) is 72.6 Å². The van der Waals surface area contributed by atoms with Crippen molar-refractivity contribution in [1.82, 2.24) is 20.2 Å². The van der Waals surface area contributed by atoms with Gasteiger partial charge in [0.15, 0.2) is 0 Å². The summed E-state index contributed by atoms with van der Waals surface area (Å²) in [4.78, 5) is 9.79. The Morgan fingerprint density at radius 3 is 2.69 bits per heavy atom. The molecule has 0 bridgehead atoms. The van der Waals surface area contributed by atoms with Crippen molar-refractivity contribution in [2.24, 2.45) is 0 Å². The molecular weight excluding hydrogens is 340 g/mol. The first kappa shape index (κ1) is 15.2. The standard InChI is InChI=1S/C21H16N4S/c1-2-6-16(7-3-1)21(19-13-23-14-26-19)9-8-17-18(11-21)24-25-20(17)15-5-4-10-22-12-15/h1-10,12-14H,11H2,(H,24,25). The third-order valence-electron chi connectivity index (χ3n) is 4.97. The lowest BCUT2D eigenvalue weighted by Crippen LogP contribution is -2.29. The van der Waals surface area contributed by atoms with Crippen molar-refractivity contribution in [2.75, 3.05) is 0 Å². The van der Waals surface area contributed by atoms with E-state index in [1.54, 1.807) is 17.5 Å². The van der Waals surface area contributed by atoms with Gasteiger partial charge in [0.25, 0.3) is 0 Å². The maximum Gasteiger partial charge on any atom is 0.101 e. The van der Waals surface area contributed by atoms with E-state index >= 15 is 0 Å². The fraction of sp³-hybridized carbons (Fsp3) is 0.0952. The zero-order chi connectivity index (χ0) is 17.4. The highest BCUT2D eigenvalue weighted by Gasteiger charge is 2.37. The van der Waals surface area contributed by atoms with Crippen molar-refractivity contribution in [3.63, 3.8) is 0 Å². The third-order valence-corrected chi connectivity index (χ3v) is 5.92. The predicted molar refractivity (Wildman–Crippen MR) is 104 cm³/mol. The van der Waals surface area contributed by atoms with Crippen LogP contribution in [0.1, 0.15) is 21.7 Å². The first-order chi connectivity index (χ1) is 12.9. The average Bonchev–Trinajstić information content (AvgIpc) is 3.39. The predicted octanol–water partition coefficient (Wildman–Crippen LogP) is 4.48. The molecule has 1 atom stereocenters. The molecule has 1 unspecified atom stereocenters. The number of pyridine rings is 1. The topological polar surface area (TPSA) is 54.5 Å². The molecule has 3 aromatic heterocycles. The number of aromatic nitrogens is 4. The SMILES string of the molecule is C1=CC(c2ccccc2)(c2cncs2)Cc2[nH]nc(-c3cccnc3)c21. The molecule has 0 aliphatic heterocycles. The molecule has 126 valence electrons. The molecule has 26 heavy (non-hydrogen) atoms. The maximum absolute atomic E-state index is 4.58. The van der Waals surface area contributed by atoms with Gasteiger partial charge >= 0.3 is 0 Å². The second kappa shape index (κ2) is 6.04. The summed E-state index contributed by atoms with van der Waals surface area (Å²) in [7, 11) is 0. The van der Waals surface area contributed by atoms with Gasteiger partial charge in [0.1, 0.15) is 5.69 Å². The van der Waals surface area contributed by atoms with Gasteiger partial charge in [0.05, 0.1) is 10.9 Å². The Hall–Kier alpha value is -3.05. The Morgan fingerprint density at radius 2 is 1.92 bits per heavy atom. The van der Waals surface area contributed by atoms with Gasteiger partial charge in [-0.25, -0.2) is 0 Å². The van der Waals surface area contributed by atoms with E-state index in [0.29, 0.717) is 0 Å². The van der Waals surface area contributed by atoms with E-state index in [1.165, 1.54) is 10.4 Å². The number of nitrogens with zero attached hydrogens (tertiary/aromatic N) is 3. The number of H-pyrrole nitrogens is 1. The summed E-state index contributed by atoms with van der Waals surface area (Å²) >= 11 is 1.69. The van der Waals surface area contributed by atoms with Crippen LogP contribution in [0.25, 0.3) is 17.3 Å². The summed E-state index contributed by atoms with van der Waals surface area (Å²) in [5.41, 5.74) is 7.22. The molecule has 5 rings (SSSR count). The number of benzene rings is 1. The number of allylic oxidation sites excluding steroid dienone is 1. The highest BCUT2D eigenvalue weighted by Crippen LogP contribution is 2.44. The number of rotatable bonds is 3. The molecule has 1 aliphatic rings. The molecule has 0 amide bonds. The van der Waals surface area contributed by atoms with Gasteiger partial charge in [-0.15, -0.1) is 11.3 Å². The van der Waals surface area contributed by atoms with Crippen LogP contribution in [0.2, 0.25) is 0 Å². The lowest BCUT2D eigenvalue weighted by atomic mass is 9.72. The number of aromatic amines is 1. The Balaban J connectivity index is 1.65. The number of thiazole rings is 1. The average molecular weight is 356 g/mol. The van der Waals surface area contributed by atoms with Crippen LogP contribution in [0.3, 0.4) is 0 Å². The van der Waals surface area contributed by atoms with Crippen molar-refractivity contribution in [1.29, 1.82) is 0 Å². The van der Waals surface area contributed by atoms with Crippen LogP contribution in [0, 0.1) is 0 Å². The lowest BCUT2D eigenvalue weighted by molar-refractivity contribution is 0.631. The first-order valence-electron chi connectivity index (χ1n) is 8.48. The summed E-state index contributed by atoms with van der Waals surface area (Å²) in [6.07, 6.45) is 10.9. The number of fused-ring (bicyclic) bond motifs is 1. The Kier molecular flexibility index (Phi) is 3.53. The van der Waals surface area contributed by atoms with E-state index < -0.39 is 0 Å². The van der Waals surface area contributed by atoms with Crippen molar-refractivity contribution in [3.8, 4) is 11.3 Å². The van der Waals surface area contributed by atoms with Gasteiger partial charge in [-0.05, 0) is 17.7 Å². The fourth-order valence-electron chi connectivity index (χ4n) is 3.67. The quantitative estimate of drug-likeness (QED) is 0.589. The van der Waals surface area contributed by atoms with Gasteiger partial charge in [0, 0.05) is 46.7 Å². The van der Waals surface area contributed by atoms with Gasteiger partial charge in [-0.2, -0.15) is 5.10 Å². The normalized spacial score (nSPS) is 18.6. The van der Waals surface area contributed by atoms with Crippen molar-refractivity contribution < 1.29 is 0 Å². The molecule has 0 spiro atoms. The second-order valence-electron chi connectivity index (χ2n) is 6.42. The maximum atomic E-state index is 4.58. The Morgan fingerprint density at radius 1 is 1.00 bits per heavy atom. The summed E-state index contributed by atoms with van der Waals surface area (Å²) in [6, 6.07) is 14.6. The van der Waals surface area contributed by atoms with Crippen LogP contribution in [0.4, 0.5) is 0 Å². The number of hydrogen-bond acceptors (Lipinski definition) is 4. The molecule has 3 heterocycles. The smallest absolute Gasteiger partial charge is 0.101 e. The van der Waals surface area contributed by atoms with E-state index in [2.05, 4.69) is 62.6 Å². The lowest BCUT2D eigenvalue weighted by Gasteiger charge is -2.32. The minimum atomic E-state index is -0.214. The van der Waals surface area contributed by atoms with E-state index in [0.717, 1.165) is 28.9 Å². The van der Waals surface area contributed by atoms with E-state index in [1.807, 2.05) is 30.0 Å². The highest BCUT2D eigenvalue weighted by atomic mass is 32.1. The molecule has 5 heteroatoms. The van der Waals surface area contributed by atoms with Crippen molar-refractivity contribution >= 4 is 17.4 Å². The van der Waals surface area contributed by atoms with Crippen LogP contribution >= 0.6 is 11.3 Å². The second-order valence-corrected chi connectivity index (χ2v) is 7.31. The monoisotopic (exact) mass is 356 g/mol. The van der Waals surface area contributed by atoms with Crippen LogP contribution in [-0.2, 0) is 11.8 Å². The molecule has 0 saturated carbocycles. The van der Waals surface area contributed by atoms with Gasteiger partial charge in [-0.3, -0.25) is 15.1 Å².